The first kappa shape index (κ1) is 25.9. The molecule has 1 aromatic heterocycles. The molecule has 2 aliphatic rings. The zero-order valence-corrected chi connectivity index (χ0v) is 19.9. The fourth-order valence-electron chi connectivity index (χ4n) is 4.02. The van der Waals surface area contributed by atoms with Crippen LogP contribution in [0.2, 0.25) is 0 Å². The van der Waals surface area contributed by atoms with Crippen LogP contribution in [-0.4, -0.2) is 63.8 Å². The van der Waals surface area contributed by atoms with Gasteiger partial charge in [-0.3, -0.25) is 9.69 Å². The topological polar surface area (TPSA) is 108 Å². The number of nitrogens with zero attached hydrogens (tertiary/aromatic N) is 4. The number of hydrogen-bond acceptors (Lipinski definition) is 7. The molecule has 2 amide bonds. The number of aliphatic hydroxyl groups excluding tert-OH is 1. The fourth-order valence-corrected chi connectivity index (χ4v) is 4.02. The average molecular weight is 484 g/mol. The second-order valence-corrected chi connectivity index (χ2v) is 8.69. The van der Waals surface area contributed by atoms with Crippen molar-refractivity contribution in [3.63, 3.8) is 0 Å². The highest BCUT2D eigenvalue weighted by Gasteiger charge is 2.37. The molecular weight excluding hydrogens is 453 g/mol. The molecule has 0 spiro atoms. The van der Waals surface area contributed by atoms with Crippen LogP contribution in [0.5, 0.6) is 0 Å². The summed E-state index contributed by atoms with van der Waals surface area (Å²) in [5.41, 5.74) is 0.633. The SMILES string of the molecule is C#C.CC(C)C1COC(=O)N1c1ccnc(NCc2ccc(C(=O)N3CCC(O)CC3)c(F)c2)n1. The molecule has 2 saturated heterocycles. The number of hydrogen-bond donors (Lipinski definition) is 2. The van der Waals surface area contributed by atoms with Crippen LogP contribution >= 0.6 is 0 Å². The lowest BCUT2D eigenvalue weighted by Gasteiger charge is -2.29. The molecule has 9 nitrogen and oxygen atoms in total. The summed E-state index contributed by atoms with van der Waals surface area (Å²) in [5, 5.41) is 12.6. The van der Waals surface area contributed by atoms with Gasteiger partial charge in [0.05, 0.1) is 17.7 Å². The van der Waals surface area contributed by atoms with Crippen molar-refractivity contribution < 1.29 is 23.8 Å². The van der Waals surface area contributed by atoms with E-state index in [1.807, 2.05) is 13.8 Å². The van der Waals surface area contributed by atoms with E-state index in [2.05, 4.69) is 28.1 Å². The molecular formula is C25H30FN5O4. The summed E-state index contributed by atoms with van der Waals surface area (Å²) in [7, 11) is 0. The molecule has 2 aliphatic heterocycles. The molecule has 1 aromatic carbocycles. The Labute approximate surface area is 204 Å². The Morgan fingerprint density at radius 3 is 2.66 bits per heavy atom. The molecule has 2 aromatic rings. The van der Waals surface area contributed by atoms with Crippen LogP contribution in [0.15, 0.2) is 30.5 Å². The molecule has 0 bridgehead atoms. The number of carbonyl (C=O) groups excluding carboxylic acids is 2. The van der Waals surface area contributed by atoms with Gasteiger partial charge in [0.1, 0.15) is 18.2 Å². The molecule has 4 rings (SSSR count). The van der Waals surface area contributed by atoms with Gasteiger partial charge in [0.15, 0.2) is 0 Å². The standard InChI is InChI=1S/C23H28FN5O4.C2H2/c1-14(2)19-13-33-23(32)29(19)20-5-8-25-22(27-20)26-12-15-3-4-17(18(24)11-15)21(31)28-9-6-16(30)7-10-28;1-2/h3-5,8,11,14,16,19,30H,6-7,9-10,12-13H2,1-2H3,(H,25,26,27);1-2H. The molecule has 0 radical (unpaired) electrons. The lowest BCUT2D eigenvalue weighted by molar-refractivity contribution is 0.0542. The number of aromatic nitrogens is 2. The minimum atomic E-state index is -0.598. The van der Waals surface area contributed by atoms with Crippen molar-refractivity contribution in [2.45, 2.75) is 45.4 Å². The number of ether oxygens (including phenoxy) is 1. The van der Waals surface area contributed by atoms with E-state index in [1.165, 1.54) is 17.0 Å². The van der Waals surface area contributed by atoms with Gasteiger partial charge in [-0.1, -0.05) is 19.9 Å². The van der Waals surface area contributed by atoms with E-state index in [1.54, 1.807) is 23.2 Å². The van der Waals surface area contributed by atoms with E-state index in [-0.39, 0.29) is 30.0 Å². The number of piperidine rings is 1. The van der Waals surface area contributed by atoms with Crippen LogP contribution in [0.25, 0.3) is 0 Å². The number of carbonyl (C=O) groups is 2. The number of halogens is 1. The number of amides is 2. The van der Waals surface area contributed by atoms with Crippen molar-refractivity contribution in [1.82, 2.24) is 14.9 Å². The zero-order valence-electron chi connectivity index (χ0n) is 19.9. The van der Waals surface area contributed by atoms with Crippen LogP contribution < -0.4 is 10.2 Å². The van der Waals surface area contributed by atoms with E-state index in [9.17, 15) is 19.1 Å². The highest BCUT2D eigenvalue weighted by atomic mass is 19.1. The molecule has 186 valence electrons. The van der Waals surface area contributed by atoms with Gasteiger partial charge in [-0.25, -0.2) is 14.2 Å². The molecule has 2 fully saturated rings. The summed E-state index contributed by atoms with van der Waals surface area (Å²) < 4.78 is 19.9. The summed E-state index contributed by atoms with van der Waals surface area (Å²) in [5.74, 6) is -0.0385. The third-order valence-electron chi connectivity index (χ3n) is 6.03. The van der Waals surface area contributed by atoms with Crippen LogP contribution in [0.1, 0.15) is 42.6 Å². The summed E-state index contributed by atoms with van der Waals surface area (Å²) in [6.45, 7) is 5.40. The number of aliphatic hydroxyl groups is 1. The van der Waals surface area contributed by atoms with Crippen molar-refractivity contribution in [1.29, 1.82) is 0 Å². The second kappa shape index (κ2) is 11.6. The largest absolute Gasteiger partial charge is 0.447 e. The van der Waals surface area contributed by atoms with Crippen molar-refractivity contribution >= 4 is 23.8 Å². The third kappa shape index (κ3) is 6.05. The number of benzene rings is 1. The van der Waals surface area contributed by atoms with Gasteiger partial charge < -0.3 is 20.1 Å². The molecule has 2 N–H and O–H groups in total. The fraction of sp³-hybridized carbons (Fsp3) is 0.440. The number of anilines is 2. The van der Waals surface area contributed by atoms with Crippen LogP contribution in [0.4, 0.5) is 21.0 Å². The van der Waals surface area contributed by atoms with E-state index < -0.39 is 18.0 Å². The van der Waals surface area contributed by atoms with Crippen LogP contribution in [0, 0.1) is 24.6 Å². The zero-order chi connectivity index (χ0) is 25.5. The Kier molecular flexibility index (Phi) is 8.60. The smallest absolute Gasteiger partial charge is 0.415 e. The Hall–Kier alpha value is -3.71. The van der Waals surface area contributed by atoms with Crippen molar-refractivity contribution in [2.75, 3.05) is 29.9 Å². The van der Waals surface area contributed by atoms with E-state index in [0.717, 1.165) is 0 Å². The predicted molar refractivity (Wildman–Crippen MR) is 129 cm³/mol. The van der Waals surface area contributed by atoms with E-state index >= 15 is 0 Å². The summed E-state index contributed by atoms with van der Waals surface area (Å²) in [4.78, 5) is 36.5. The van der Waals surface area contributed by atoms with Gasteiger partial charge in [0.2, 0.25) is 5.95 Å². The Bertz CT molecular complexity index is 1070. The molecule has 3 heterocycles. The normalized spacial score (nSPS) is 18.1. The van der Waals surface area contributed by atoms with Crippen molar-refractivity contribution in [3.8, 4) is 12.8 Å². The molecule has 1 unspecified atom stereocenters. The van der Waals surface area contributed by atoms with Gasteiger partial charge in [-0.15, -0.1) is 12.8 Å². The molecule has 0 saturated carbocycles. The number of nitrogens with one attached hydrogen (secondary N) is 1. The number of terminal acetylenes is 1. The molecule has 1 atom stereocenters. The third-order valence-corrected chi connectivity index (χ3v) is 6.03. The highest BCUT2D eigenvalue weighted by molar-refractivity contribution is 5.94. The minimum absolute atomic E-state index is 0.0145. The van der Waals surface area contributed by atoms with Crippen molar-refractivity contribution in [3.05, 3.63) is 47.4 Å². The van der Waals surface area contributed by atoms with Crippen LogP contribution in [0.3, 0.4) is 0 Å². The number of cyclic esters (lactones) is 1. The highest BCUT2D eigenvalue weighted by Crippen LogP contribution is 2.26. The van der Waals surface area contributed by atoms with Gasteiger partial charge in [-0.2, -0.15) is 4.98 Å². The van der Waals surface area contributed by atoms with E-state index in [4.69, 9.17) is 4.74 Å². The first-order valence-corrected chi connectivity index (χ1v) is 11.5. The average Bonchev–Trinajstić information content (AvgIpc) is 3.26. The Morgan fingerprint density at radius 1 is 1.29 bits per heavy atom. The quantitative estimate of drug-likeness (QED) is 0.608. The summed E-state index contributed by atoms with van der Waals surface area (Å²) in [6, 6.07) is 6.01. The Morgan fingerprint density at radius 2 is 2.00 bits per heavy atom. The minimum Gasteiger partial charge on any atom is -0.447 e. The van der Waals surface area contributed by atoms with Crippen LogP contribution in [-0.2, 0) is 11.3 Å². The lowest BCUT2D eigenvalue weighted by Crippen LogP contribution is -2.40. The predicted octanol–water partition coefficient (Wildman–Crippen LogP) is 3.06. The van der Waals surface area contributed by atoms with Crippen molar-refractivity contribution in [2.24, 2.45) is 5.92 Å². The maximum absolute atomic E-state index is 14.7. The maximum atomic E-state index is 14.7. The Balaban J connectivity index is 0.00000167. The molecule has 0 aliphatic carbocycles. The molecule has 10 heteroatoms. The first-order chi connectivity index (χ1) is 16.8. The first-order valence-electron chi connectivity index (χ1n) is 11.5. The van der Waals surface area contributed by atoms with E-state index in [0.29, 0.717) is 49.9 Å². The second-order valence-electron chi connectivity index (χ2n) is 8.69. The van der Waals surface area contributed by atoms with Gasteiger partial charge in [-0.05, 0) is 42.5 Å². The monoisotopic (exact) mass is 483 g/mol. The maximum Gasteiger partial charge on any atom is 0.415 e. The molecule has 35 heavy (non-hydrogen) atoms. The van der Waals surface area contributed by atoms with Gasteiger partial charge >= 0.3 is 6.09 Å². The number of rotatable bonds is 6. The lowest BCUT2D eigenvalue weighted by atomic mass is 10.0. The summed E-state index contributed by atoms with van der Waals surface area (Å²) in [6.07, 6.45) is 9.71. The summed E-state index contributed by atoms with van der Waals surface area (Å²) >= 11 is 0. The van der Waals surface area contributed by atoms with Gasteiger partial charge in [0.25, 0.3) is 5.91 Å². The van der Waals surface area contributed by atoms with Gasteiger partial charge in [0, 0.05) is 25.8 Å². The number of likely N-dealkylation sites (tertiary alicyclic amines) is 1.